The van der Waals surface area contributed by atoms with E-state index in [0.717, 1.165) is 11.3 Å². The number of aryl methyl sites for hydroxylation is 1. The second-order valence-corrected chi connectivity index (χ2v) is 11.0. The molecule has 224 valence electrons. The topological polar surface area (TPSA) is 144 Å². The molecule has 0 spiro atoms. The summed E-state index contributed by atoms with van der Waals surface area (Å²) in [4.78, 5) is 41.9. The van der Waals surface area contributed by atoms with Crippen LogP contribution in [-0.2, 0) is 21.5 Å². The molecule has 0 aliphatic rings. The summed E-state index contributed by atoms with van der Waals surface area (Å²) >= 11 is 0. The van der Waals surface area contributed by atoms with Crippen molar-refractivity contribution < 1.29 is 23.5 Å². The van der Waals surface area contributed by atoms with Crippen molar-refractivity contribution >= 4 is 29.4 Å². The summed E-state index contributed by atoms with van der Waals surface area (Å²) in [5.74, 6) is -0.473. The van der Waals surface area contributed by atoms with Crippen molar-refractivity contribution in [2.45, 2.75) is 46.6 Å². The lowest BCUT2D eigenvalue weighted by Gasteiger charge is -2.20. The number of carbonyl (C=O) groups excluding carboxylic acids is 3. The van der Waals surface area contributed by atoms with Gasteiger partial charge in [0.15, 0.2) is 0 Å². The molecule has 2 heterocycles. The standard InChI is InChI=1S/C31H34FN7O4/c1-19-13-24(11-12-34-19)43-23-9-10-26(25(32)15-23)35-30(42)36-29-16-27(31(3,4)5)37-39(29)22-8-6-7-21(14-22)17-38(20(2)40)18-28(33)41/h6-16H,17-18H2,1-5H3,(H2,33,41)(H2,35,36,42). The average molecular weight is 588 g/mol. The molecule has 0 atom stereocenters. The molecule has 4 rings (SSSR count). The highest BCUT2D eigenvalue weighted by Gasteiger charge is 2.22. The number of nitrogens with zero attached hydrogens (tertiary/aromatic N) is 4. The van der Waals surface area contributed by atoms with E-state index in [1.54, 1.807) is 59.4 Å². The quantitative estimate of drug-likeness (QED) is 0.243. The highest BCUT2D eigenvalue weighted by Crippen LogP contribution is 2.28. The number of pyridine rings is 1. The van der Waals surface area contributed by atoms with Crippen LogP contribution in [0.1, 0.15) is 44.6 Å². The fourth-order valence-electron chi connectivity index (χ4n) is 4.16. The molecule has 43 heavy (non-hydrogen) atoms. The summed E-state index contributed by atoms with van der Waals surface area (Å²) in [7, 11) is 0. The smallest absolute Gasteiger partial charge is 0.324 e. The summed E-state index contributed by atoms with van der Waals surface area (Å²) in [6.45, 7) is 9.09. The Morgan fingerprint density at radius 1 is 1.02 bits per heavy atom. The number of urea groups is 1. The number of halogens is 1. The lowest BCUT2D eigenvalue weighted by atomic mass is 9.92. The van der Waals surface area contributed by atoms with Crippen molar-refractivity contribution in [3.63, 3.8) is 0 Å². The Kier molecular flexibility index (Phi) is 9.08. The molecule has 0 bridgehead atoms. The van der Waals surface area contributed by atoms with Crippen LogP contribution in [0.2, 0.25) is 0 Å². The minimum absolute atomic E-state index is 0.0429. The molecular formula is C31H34FN7O4. The van der Waals surface area contributed by atoms with E-state index < -0.39 is 17.8 Å². The minimum Gasteiger partial charge on any atom is -0.457 e. The zero-order valence-electron chi connectivity index (χ0n) is 24.6. The minimum atomic E-state index is -0.681. The Morgan fingerprint density at radius 3 is 2.42 bits per heavy atom. The normalized spacial score (nSPS) is 11.1. The van der Waals surface area contributed by atoms with E-state index >= 15 is 0 Å². The van der Waals surface area contributed by atoms with E-state index in [1.807, 2.05) is 27.7 Å². The van der Waals surface area contributed by atoms with E-state index in [9.17, 15) is 18.8 Å². The largest absolute Gasteiger partial charge is 0.457 e. The van der Waals surface area contributed by atoms with E-state index in [1.165, 1.54) is 24.0 Å². The molecule has 2 aromatic heterocycles. The number of hydrogen-bond donors (Lipinski definition) is 3. The van der Waals surface area contributed by atoms with Gasteiger partial charge in [-0.2, -0.15) is 5.10 Å². The monoisotopic (exact) mass is 587 g/mol. The molecule has 0 saturated heterocycles. The second-order valence-electron chi connectivity index (χ2n) is 11.0. The van der Waals surface area contributed by atoms with Crippen LogP contribution < -0.4 is 21.1 Å². The molecular weight excluding hydrogens is 553 g/mol. The highest BCUT2D eigenvalue weighted by atomic mass is 19.1. The van der Waals surface area contributed by atoms with Gasteiger partial charge in [0.05, 0.1) is 23.6 Å². The summed E-state index contributed by atoms with van der Waals surface area (Å²) < 4.78 is 22.2. The molecule has 0 unspecified atom stereocenters. The van der Waals surface area contributed by atoms with Crippen LogP contribution in [-0.4, -0.2) is 44.1 Å². The summed E-state index contributed by atoms with van der Waals surface area (Å²) in [6, 6.07) is 15.8. The maximum atomic E-state index is 14.9. The van der Waals surface area contributed by atoms with Gasteiger partial charge in [-0.25, -0.2) is 13.9 Å². The van der Waals surface area contributed by atoms with E-state index in [2.05, 4.69) is 15.6 Å². The Balaban J connectivity index is 1.55. The van der Waals surface area contributed by atoms with Gasteiger partial charge in [-0.1, -0.05) is 32.9 Å². The van der Waals surface area contributed by atoms with E-state index in [0.29, 0.717) is 22.9 Å². The lowest BCUT2D eigenvalue weighted by molar-refractivity contribution is -0.133. The van der Waals surface area contributed by atoms with Gasteiger partial charge in [-0.05, 0) is 42.8 Å². The number of rotatable bonds is 9. The van der Waals surface area contributed by atoms with Crippen LogP contribution in [0.15, 0.2) is 66.9 Å². The molecule has 4 amide bonds. The van der Waals surface area contributed by atoms with Gasteiger partial charge in [-0.15, -0.1) is 0 Å². The molecule has 0 radical (unpaired) electrons. The number of nitrogens with one attached hydrogen (secondary N) is 2. The number of ether oxygens (including phenoxy) is 1. The third kappa shape index (κ3) is 8.15. The van der Waals surface area contributed by atoms with Crippen molar-refractivity contribution in [3.05, 3.63) is 89.6 Å². The Hall–Kier alpha value is -5.26. The summed E-state index contributed by atoms with van der Waals surface area (Å²) in [5, 5.41) is 10.0. The molecule has 0 aliphatic heterocycles. The second kappa shape index (κ2) is 12.7. The highest BCUT2D eigenvalue weighted by molar-refractivity contribution is 5.99. The Bertz CT molecular complexity index is 1660. The number of carbonyl (C=O) groups is 3. The first-order chi connectivity index (χ1) is 20.3. The SMILES string of the molecule is CC(=O)N(CC(N)=O)Cc1cccc(-n2nc(C(C)(C)C)cc2NC(=O)Nc2ccc(Oc3ccnc(C)c3)cc2F)c1. The zero-order valence-corrected chi connectivity index (χ0v) is 24.6. The van der Waals surface area contributed by atoms with Crippen molar-refractivity contribution in [3.8, 4) is 17.2 Å². The predicted octanol–water partition coefficient (Wildman–Crippen LogP) is 5.28. The summed E-state index contributed by atoms with van der Waals surface area (Å²) in [5.41, 5.74) is 7.69. The first-order valence-corrected chi connectivity index (χ1v) is 13.5. The number of primary amides is 1. The molecule has 4 aromatic rings. The predicted molar refractivity (Wildman–Crippen MR) is 161 cm³/mol. The maximum absolute atomic E-state index is 14.9. The van der Waals surface area contributed by atoms with Crippen LogP contribution in [0.5, 0.6) is 11.5 Å². The maximum Gasteiger partial charge on any atom is 0.324 e. The van der Waals surface area contributed by atoms with E-state index in [4.69, 9.17) is 15.6 Å². The summed E-state index contributed by atoms with van der Waals surface area (Å²) in [6.07, 6.45) is 1.60. The molecule has 0 fully saturated rings. The fourth-order valence-corrected chi connectivity index (χ4v) is 4.16. The number of benzene rings is 2. The van der Waals surface area contributed by atoms with Crippen LogP contribution in [0.4, 0.5) is 20.7 Å². The molecule has 11 nitrogen and oxygen atoms in total. The third-order valence-corrected chi connectivity index (χ3v) is 6.33. The molecule has 0 saturated carbocycles. The lowest BCUT2D eigenvalue weighted by Crippen LogP contribution is -2.36. The van der Waals surface area contributed by atoms with Gasteiger partial charge < -0.3 is 20.7 Å². The van der Waals surface area contributed by atoms with Crippen molar-refractivity contribution in [2.75, 3.05) is 17.2 Å². The van der Waals surface area contributed by atoms with E-state index in [-0.39, 0.29) is 35.8 Å². The Morgan fingerprint density at radius 2 is 1.77 bits per heavy atom. The Labute approximate surface area is 248 Å². The van der Waals surface area contributed by atoms with Gasteiger partial charge in [-0.3, -0.25) is 19.9 Å². The first kappa shape index (κ1) is 30.7. The van der Waals surface area contributed by atoms with Gasteiger partial charge in [0, 0.05) is 49.0 Å². The third-order valence-electron chi connectivity index (χ3n) is 6.33. The van der Waals surface area contributed by atoms with Crippen LogP contribution in [0, 0.1) is 12.7 Å². The number of anilines is 2. The molecule has 0 aliphatic carbocycles. The first-order valence-electron chi connectivity index (χ1n) is 13.5. The van der Waals surface area contributed by atoms with Crippen molar-refractivity contribution in [2.24, 2.45) is 5.73 Å². The van der Waals surface area contributed by atoms with Gasteiger partial charge in [0.25, 0.3) is 0 Å². The fraction of sp³-hybridized carbons (Fsp3) is 0.258. The van der Waals surface area contributed by atoms with Gasteiger partial charge in [0.1, 0.15) is 23.1 Å². The van der Waals surface area contributed by atoms with Crippen molar-refractivity contribution in [1.82, 2.24) is 19.7 Å². The average Bonchev–Trinajstić information content (AvgIpc) is 3.34. The molecule has 4 N–H and O–H groups in total. The molecule has 12 heteroatoms. The van der Waals surface area contributed by atoms with Crippen LogP contribution in [0.3, 0.4) is 0 Å². The molecule has 2 aromatic carbocycles. The van der Waals surface area contributed by atoms with Crippen LogP contribution in [0.25, 0.3) is 5.69 Å². The number of nitrogens with two attached hydrogens (primary N) is 1. The number of aromatic nitrogens is 3. The van der Waals surface area contributed by atoms with Crippen molar-refractivity contribution in [1.29, 1.82) is 0 Å². The van der Waals surface area contributed by atoms with Gasteiger partial charge >= 0.3 is 6.03 Å². The number of amides is 4. The van der Waals surface area contributed by atoms with Gasteiger partial charge in [0.2, 0.25) is 11.8 Å². The van der Waals surface area contributed by atoms with Crippen LogP contribution >= 0.6 is 0 Å². The number of hydrogen-bond acceptors (Lipinski definition) is 6. The zero-order chi connectivity index (χ0) is 31.3.